The summed E-state index contributed by atoms with van der Waals surface area (Å²) in [5.41, 5.74) is 4.57. The van der Waals surface area contributed by atoms with E-state index in [1.807, 2.05) is 30.1 Å². The van der Waals surface area contributed by atoms with Gasteiger partial charge in [0.1, 0.15) is 5.52 Å². The first kappa shape index (κ1) is 17.1. The minimum Gasteiger partial charge on any atom is -0.321 e. The number of hydrogen-bond donors (Lipinski definition) is 1. The molecule has 0 amide bonds. The third-order valence-electron chi connectivity index (χ3n) is 4.61. The van der Waals surface area contributed by atoms with Gasteiger partial charge >= 0.3 is 0 Å². The molecule has 1 aromatic carbocycles. The van der Waals surface area contributed by atoms with Crippen molar-refractivity contribution < 1.29 is 0 Å². The van der Waals surface area contributed by atoms with Crippen LogP contribution in [0.5, 0.6) is 0 Å². The van der Waals surface area contributed by atoms with Crippen LogP contribution in [0.4, 0.5) is 11.6 Å². The van der Waals surface area contributed by atoms with Gasteiger partial charge in [0.15, 0.2) is 0 Å². The van der Waals surface area contributed by atoms with Crippen LogP contribution in [-0.4, -0.2) is 34.7 Å². The molecule has 3 heterocycles. The fourth-order valence-corrected chi connectivity index (χ4v) is 2.89. The summed E-state index contributed by atoms with van der Waals surface area (Å²) in [4.78, 5) is 8.90. The van der Waals surface area contributed by atoms with Crippen LogP contribution in [0.3, 0.4) is 0 Å². The molecule has 8 nitrogen and oxygen atoms in total. The minimum atomic E-state index is 0.529. The Balaban J connectivity index is 1.61. The summed E-state index contributed by atoms with van der Waals surface area (Å²) in [7, 11) is 1.87. The molecule has 0 aliphatic rings. The molecule has 0 spiro atoms. The Morgan fingerprint density at radius 3 is 2.89 bits per heavy atom. The second-order valence-electron chi connectivity index (χ2n) is 6.78. The van der Waals surface area contributed by atoms with E-state index < -0.39 is 0 Å². The zero-order valence-electron chi connectivity index (χ0n) is 15.7. The molecule has 1 N–H and O–H groups in total. The number of fused-ring (bicyclic) bond motifs is 1. The number of nitrogens with zero attached hydrogens (tertiary/aromatic N) is 7. The lowest BCUT2D eigenvalue weighted by atomic mass is 10.1. The maximum atomic E-state index is 4.61. The van der Waals surface area contributed by atoms with E-state index in [0.29, 0.717) is 11.9 Å². The third-order valence-corrected chi connectivity index (χ3v) is 4.61. The van der Waals surface area contributed by atoms with Crippen LogP contribution in [0.15, 0.2) is 42.9 Å². The van der Waals surface area contributed by atoms with Crippen LogP contribution < -0.4 is 5.32 Å². The number of benzene rings is 1. The van der Waals surface area contributed by atoms with E-state index in [4.69, 9.17) is 0 Å². The Labute approximate surface area is 157 Å². The lowest BCUT2D eigenvalue weighted by Crippen LogP contribution is -2.08. The highest BCUT2D eigenvalue weighted by molar-refractivity contribution is 5.80. The van der Waals surface area contributed by atoms with Crippen LogP contribution in [0.25, 0.3) is 22.3 Å². The monoisotopic (exact) mass is 362 g/mol. The van der Waals surface area contributed by atoms with Gasteiger partial charge in [0.25, 0.3) is 0 Å². The molecule has 0 saturated carbocycles. The summed E-state index contributed by atoms with van der Waals surface area (Å²) in [5, 5.41) is 15.9. The van der Waals surface area contributed by atoms with Crippen molar-refractivity contribution in [3.63, 3.8) is 0 Å². The van der Waals surface area contributed by atoms with Crippen LogP contribution in [0.2, 0.25) is 0 Å². The molecule has 0 saturated heterocycles. The fourth-order valence-electron chi connectivity index (χ4n) is 2.89. The SMILES string of the molecule is CCC(C)Cn1nnc2cc(-c3ccnc(Nc4cnn(C)c4)n3)ccc21. The number of anilines is 2. The largest absolute Gasteiger partial charge is 0.321 e. The molecule has 1 atom stereocenters. The topological polar surface area (TPSA) is 86.3 Å². The highest BCUT2D eigenvalue weighted by Crippen LogP contribution is 2.23. The van der Waals surface area contributed by atoms with Crippen molar-refractivity contribution in [1.82, 2.24) is 34.7 Å². The number of aryl methyl sites for hydroxylation is 1. The van der Waals surface area contributed by atoms with Crippen LogP contribution >= 0.6 is 0 Å². The first-order chi connectivity index (χ1) is 13.1. The predicted octanol–water partition coefficient (Wildman–Crippen LogP) is 3.41. The molecular formula is C19H22N8. The lowest BCUT2D eigenvalue weighted by Gasteiger charge is -2.08. The predicted molar refractivity (Wildman–Crippen MR) is 104 cm³/mol. The Kier molecular flexibility index (Phi) is 4.53. The van der Waals surface area contributed by atoms with E-state index in [2.05, 4.69) is 56.7 Å². The average molecular weight is 362 g/mol. The van der Waals surface area contributed by atoms with E-state index in [-0.39, 0.29) is 0 Å². The summed E-state index contributed by atoms with van der Waals surface area (Å²) in [6, 6.07) is 8.02. The molecule has 0 aliphatic carbocycles. The van der Waals surface area contributed by atoms with Crippen molar-refractivity contribution in [2.45, 2.75) is 26.8 Å². The Bertz CT molecular complexity index is 1060. The van der Waals surface area contributed by atoms with Crippen molar-refractivity contribution in [2.24, 2.45) is 13.0 Å². The second kappa shape index (κ2) is 7.14. The fraction of sp³-hybridized carbons (Fsp3) is 0.316. The van der Waals surface area contributed by atoms with Gasteiger partial charge in [0.2, 0.25) is 5.95 Å². The number of rotatable bonds is 6. The van der Waals surface area contributed by atoms with Gasteiger partial charge in [-0.2, -0.15) is 5.10 Å². The van der Waals surface area contributed by atoms with Gasteiger partial charge < -0.3 is 5.32 Å². The average Bonchev–Trinajstić information content (AvgIpc) is 3.27. The van der Waals surface area contributed by atoms with E-state index >= 15 is 0 Å². The van der Waals surface area contributed by atoms with Crippen LogP contribution in [-0.2, 0) is 13.6 Å². The van der Waals surface area contributed by atoms with Crippen molar-refractivity contribution in [3.8, 4) is 11.3 Å². The molecule has 27 heavy (non-hydrogen) atoms. The summed E-state index contributed by atoms with van der Waals surface area (Å²) < 4.78 is 3.70. The normalized spacial score (nSPS) is 12.4. The first-order valence-electron chi connectivity index (χ1n) is 9.04. The summed E-state index contributed by atoms with van der Waals surface area (Å²) >= 11 is 0. The van der Waals surface area contributed by atoms with E-state index in [1.165, 1.54) is 0 Å². The first-order valence-corrected chi connectivity index (χ1v) is 9.04. The number of aromatic nitrogens is 7. The van der Waals surface area contributed by atoms with Crippen molar-refractivity contribution >= 4 is 22.7 Å². The van der Waals surface area contributed by atoms with E-state index in [9.17, 15) is 0 Å². The Morgan fingerprint density at radius 1 is 1.22 bits per heavy atom. The lowest BCUT2D eigenvalue weighted by molar-refractivity contribution is 0.440. The van der Waals surface area contributed by atoms with Gasteiger partial charge in [-0.3, -0.25) is 4.68 Å². The zero-order valence-corrected chi connectivity index (χ0v) is 15.7. The number of hydrogen-bond acceptors (Lipinski definition) is 6. The molecule has 4 aromatic rings. The molecule has 0 radical (unpaired) electrons. The molecule has 0 aliphatic heterocycles. The zero-order chi connectivity index (χ0) is 18.8. The molecule has 4 rings (SSSR count). The van der Waals surface area contributed by atoms with E-state index in [0.717, 1.165) is 40.9 Å². The van der Waals surface area contributed by atoms with Gasteiger partial charge in [-0.05, 0) is 24.1 Å². The second-order valence-corrected chi connectivity index (χ2v) is 6.78. The maximum absolute atomic E-state index is 4.61. The summed E-state index contributed by atoms with van der Waals surface area (Å²) in [6.45, 7) is 5.28. The van der Waals surface area contributed by atoms with Crippen molar-refractivity contribution in [1.29, 1.82) is 0 Å². The highest BCUT2D eigenvalue weighted by Gasteiger charge is 2.10. The Morgan fingerprint density at radius 2 is 2.11 bits per heavy atom. The molecule has 1 unspecified atom stereocenters. The molecule has 138 valence electrons. The van der Waals surface area contributed by atoms with Gasteiger partial charge in [-0.25, -0.2) is 14.6 Å². The molecular weight excluding hydrogens is 340 g/mol. The van der Waals surface area contributed by atoms with Gasteiger partial charge in [-0.15, -0.1) is 5.10 Å². The van der Waals surface area contributed by atoms with Crippen molar-refractivity contribution in [3.05, 3.63) is 42.9 Å². The molecule has 0 fully saturated rings. The molecule has 8 heteroatoms. The maximum Gasteiger partial charge on any atom is 0.227 e. The minimum absolute atomic E-state index is 0.529. The van der Waals surface area contributed by atoms with Crippen LogP contribution in [0.1, 0.15) is 20.3 Å². The summed E-state index contributed by atoms with van der Waals surface area (Å²) in [5.74, 6) is 1.10. The smallest absolute Gasteiger partial charge is 0.227 e. The highest BCUT2D eigenvalue weighted by atomic mass is 15.4. The number of nitrogens with one attached hydrogen (secondary N) is 1. The summed E-state index contributed by atoms with van der Waals surface area (Å²) in [6.07, 6.45) is 6.47. The van der Waals surface area contributed by atoms with Gasteiger partial charge in [0, 0.05) is 31.5 Å². The Hall–Kier alpha value is -3.29. The standard InChI is InChI=1S/C19H22N8/c1-4-13(2)11-27-18-6-5-14(9-17(18)24-25-27)16-7-8-20-19(23-16)22-15-10-21-26(3)12-15/h5-10,12-13H,4,11H2,1-3H3,(H,20,22,23). The van der Waals surface area contributed by atoms with Crippen LogP contribution in [0, 0.1) is 5.92 Å². The van der Waals surface area contributed by atoms with E-state index in [1.54, 1.807) is 17.1 Å². The third kappa shape index (κ3) is 3.64. The molecule has 3 aromatic heterocycles. The van der Waals surface area contributed by atoms with Gasteiger partial charge in [-0.1, -0.05) is 31.5 Å². The quantitative estimate of drug-likeness (QED) is 0.566. The van der Waals surface area contributed by atoms with Gasteiger partial charge in [0.05, 0.1) is 23.1 Å². The van der Waals surface area contributed by atoms with Crippen molar-refractivity contribution in [2.75, 3.05) is 5.32 Å². The molecule has 0 bridgehead atoms.